The summed E-state index contributed by atoms with van der Waals surface area (Å²) in [5, 5.41) is 5.76. The third-order valence-corrected chi connectivity index (χ3v) is 7.67. The number of anilines is 2. The second kappa shape index (κ2) is 8.51. The Balaban J connectivity index is 1.45. The molecule has 2 aromatic rings. The molecule has 1 unspecified atom stereocenters. The number of fused-ring (bicyclic) bond motifs is 1. The average molecular weight is 460 g/mol. The largest absolute Gasteiger partial charge is 0.377 e. The van der Waals surface area contributed by atoms with Crippen LogP contribution in [0.4, 0.5) is 16.3 Å². The molecular formula is C22H29N5O4S. The van der Waals surface area contributed by atoms with Gasteiger partial charge in [-0.25, -0.2) is 14.8 Å². The quantitative estimate of drug-likeness (QED) is 0.553. The number of nitrogens with zero attached hydrogens (tertiary/aromatic N) is 3. The fraction of sp³-hybridized carbons (Fsp3) is 0.500. The number of nitrogens with one attached hydrogen (secondary N) is 2. The van der Waals surface area contributed by atoms with Gasteiger partial charge in [-0.15, -0.1) is 0 Å². The van der Waals surface area contributed by atoms with E-state index in [1.165, 1.54) is 0 Å². The van der Waals surface area contributed by atoms with Gasteiger partial charge < -0.3 is 20.3 Å². The third kappa shape index (κ3) is 4.68. The van der Waals surface area contributed by atoms with Gasteiger partial charge in [-0.3, -0.25) is 9.11 Å². The Labute approximate surface area is 188 Å². The molecule has 4 N–H and O–H groups in total. The van der Waals surface area contributed by atoms with Crippen molar-refractivity contribution < 1.29 is 18.6 Å². The fourth-order valence-corrected chi connectivity index (χ4v) is 5.55. The molecule has 1 saturated carbocycles. The molecule has 3 aliphatic rings. The Morgan fingerprint density at radius 2 is 2.00 bits per heavy atom. The zero-order valence-electron chi connectivity index (χ0n) is 18.1. The van der Waals surface area contributed by atoms with E-state index in [-0.39, 0.29) is 17.8 Å². The van der Waals surface area contributed by atoms with Gasteiger partial charge in [-0.05, 0) is 44.0 Å². The van der Waals surface area contributed by atoms with Crippen molar-refractivity contribution in [2.24, 2.45) is 0 Å². The maximum Gasteiger partial charge on any atom is 0.319 e. The molecule has 0 radical (unpaired) electrons. The maximum atomic E-state index is 12.0. The lowest BCUT2D eigenvalue weighted by molar-refractivity contribution is 0.0984. The minimum Gasteiger partial charge on any atom is -0.377 e. The topological polar surface area (TPSA) is 120 Å². The van der Waals surface area contributed by atoms with Crippen molar-refractivity contribution in [2.45, 2.75) is 44.0 Å². The van der Waals surface area contributed by atoms with E-state index in [4.69, 9.17) is 14.7 Å². The first-order chi connectivity index (χ1) is 15.4. The normalized spacial score (nSPS) is 23.2. The number of aryl methyl sites for hydroxylation is 1. The fourth-order valence-electron chi connectivity index (χ4n) is 4.13. The van der Waals surface area contributed by atoms with E-state index in [1.54, 1.807) is 0 Å². The smallest absolute Gasteiger partial charge is 0.319 e. The van der Waals surface area contributed by atoms with Crippen molar-refractivity contribution in [1.29, 1.82) is 0 Å². The van der Waals surface area contributed by atoms with Crippen molar-refractivity contribution in [1.82, 2.24) is 15.3 Å². The van der Waals surface area contributed by atoms with E-state index < -0.39 is 10.6 Å². The highest BCUT2D eigenvalue weighted by Crippen LogP contribution is 2.49. The number of urea groups is 1. The summed E-state index contributed by atoms with van der Waals surface area (Å²) in [6.07, 6.45) is 2.60. The highest BCUT2D eigenvalue weighted by atomic mass is 32.3. The van der Waals surface area contributed by atoms with Gasteiger partial charge in [0.1, 0.15) is 5.82 Å². The van der Waals surface area contributed by atoms with Crippen LogP contribution in [-0.2, 0) is 16.9 Å². The van der Waals surface area contributed by atoms with E-state index in [2.05, 4.69) is 22.5 Å². The van der Waals surface area contributed by atoms with Crippen LogP contribution in [0.15, 0.2) is 24.3 Å². The van der Waals surface area contributed by atoms with Crippen molar-refractivity contribution in [2.75, 3.05) is 35.7 Å². The highest BCUT2D eigenvalue weighted by molar-refractivity contribution is 8.23. The predicted molar refractivity (Wildman–Crippen MR) is 125 cm³/mol. The van der Waals surface area contributed by atoms with E-state index in [0.29, 0.717) is 49.5 Å². The molecule has 1 aromatic carbocycles. The first kappa shape index (κ1) is 21.4. The van der Waals surface area contributed by atoms with Gasteiger partial charge >= 0.3 is 6.03 Å². The summed E-state index contributed by atoms with van der Waals surface area (Å²) >= 11 is 0. The van der Waals surface area contributed by atoms with E-state index in [9.17, 15) is 13.9 Å². The van der Waals surface area contributed by atoms with Crippen LogP contribution in [0.3, 0.4) is 0 Å². The van der Waals surface area contributed by atoms with Gasteiger partial charge in [-0.1, -0.05) is 0 Å². The summed E-state index contributed by atoms with van der Waals surface area (Å²) in [4.78, 5) is 23.8. The lowest BCUT2D eigenvalue weighted by atomic mass is 10.1. The standard InChI is InChI=1S/C22H29N5O4S/c1-14-12-31-10-9-27(14)21-18-13-32(29,30)11-8-19(18)25-20(26-21)15-2-4-16(5-3-15)23-22(28)24-17-6-7-17/h2-5,14,17,29-30H,6-13H2,1H3,(H2,23,24,28). The third-order valence-electron chi connectivity index (χ3n) is 6.07. The minimum absolute atomic E-state index is 0.135. The molecule has 1 aromatic heterocycles. The number of hydrogen-bond acceptors (Lipinski definition) is 7. The first-order valence-corrected chi connectivity index (χ1v) is 12.9. The van der Waals surface area contributed by atoms with Crippen LogP contribution in [0.1, 0.15) is 31.0 Å². The van der Waals surface area contributed by atoms with Crippen LogP contribution in [0.25, 0.3) is 11.4 Å². The lowest BCUT2D eigenvalue weighted by Crippen LogP contribution is -2.45. The van der Waals surface area contributed by atoms with Crippen LogP contribution >= 0.6 is 10.6 Å². The number of ether oxygens (including phenoxy) is 1. The lowest BCUT2D eigenvalue weighted by Gasteiger charge is -2.41. The SMILES string of the molecule is CC1COCCN1c1nc(-c2ccc(NC(=O)NC3CC3)cc2)nc2c1CS(O)(O)CC2. The Kier molecular flexibility index (Phi) is 5.70. The molecule has 0 bridgehead atoms. The van der Waals surface area contributed by atoms with Crippen LogP contribution in [-0.4, -0.2) is 62.7 Å². The monoisotopic (exact) mass is 459 g/mol. The molecule has 172 valence electrons. The van der Waals surface area contributed by atoms with Crippen LogP contribution < -0.4 is 15.5 Å². The molecule has 32 heavy (non-hydrogen) atoms. The number of aromatic nitrogens is 2. The number of carbonyl (C=O) groups excluding carboxylic acids is 1. The Hall–Kier alpha value is -2.40. The average Bonchev–Trinajstić information content (AvgIpc) is 3.57. The van der Waals surface area contributed by atoms with Gasteiger partial charge in [0.05, 0.1) is 30.7 Å². The van der Waals surface area contributed by atoms with Gasteiger partial charge in [0.25, 0.3) is 0 Å². The van der Waals surface area contributed by atoms with Crippen molar-refractivity contribution in [3.05, 3.63) is 35.5 Å². The van der Waals surface area contributed by atoms with Gasteiger partial charge in [0, 0.05) is 41.6 Å². The highest BCUT2D eigenvalue weighted by Gasteiger charge is 2.31. The number of rotatable bonds is 4. The number of hydrogen-bond donors (Lipinski definition) is 4. The van der Waals surface area contributed by atoms with Crippen LogP contribution in [0, 0.1) is 0 Å². The summed E-state index contributed by atoms with van der Waals surface area (Å²) in [5.74, 6) is 1.89. The van der Waals surface area contributed by atoms with E-state index in [1.807, 2.05) is 24.3 Å². The van der Waals surface area contributed by atoms with Crippen LogP contribution in [0.2, 0.25) is 0 Å². The maximum absolute atomic E-state index is 12.0. The molecule has 9 nitrogen and oxygen atoms in total. The summed E-state index contributed by atoms with van der Waals surface area (Å²) in [5.41, 5.74) is 3.27. The van der Waals surface area contributed by atoms with Crippen molar-refractivity contribution in [3.63, 3.8) is 0 Å². The first-order valence-electron chi connectivity index (χ1n) is 11.0. The Morgan fingerprint density at radius 1 is 1.22 bits per heavy atom. The molecule has 1 atom stereocenters. The summed E-state index contributed by atoms with van der Waals surface area (Å²) < 4.78 is 26.3. The molecule has 1 aliphatic carbocycles. The summed E-state index contributed by atoms with van der Waals surface area (Å²) in [6, 6.07) is 7.74. The molecule has 2 aliphatic heterocycles. The molecule has 10 heteroatoms. The Morgan fingerprint density at radius 3 is 2.72 bits per heavy atom. The number of morpholine rings is 1. The molecule has 3 heterocycles. The molecular weight excluding hydrogens is 430 g/mol. The molecule has 2 fully saturated rings. The molecule has 5 rings (SSSR count). The second-order valence-electron chi connectivity index (χ2n) is 8.76. The van der Waals surface area contributed by atoms with Gasteiger partial charge in [-0.2, -0.15) is 10.6 Å². The van der Waals surface area contributed by atoms with E-state index >= 15 is 0 Å². The predicted octanol–water partition coefficient (Wildman–Crippen LogP) is 3.46. The molecule has 1 saturated heterocycles. The van der Waals surface area contributed by atoms with Gasteiger partial charge in [0.15, 0.2) is 5.82 Å². The minimum atomic E-state index is -2.66. The Bertz CT molecular complexity index is 1010. The second-order valence-corrected chi connectivity index (χ2v) is 11.1. The molecule has 2 amide bonds. The van der Waals surface area contributed by atoms with Crippen LogP contribution in [0.5, 0.6) is 0 Å². The summed E-state index contributed by atoms with van der Waals surface area (Å²) in [6.45, 7) is 4.00. The van der Waals surface area contributed by atoms with Crippen molar-refractivity contribution in [3.8, 4) is 11.4 Å². The zero-order valence-corrected chi connectivity index (χ0v) is 18.9. The van der Waals surface area contributed by atoms with Crippen molar-refractivity contribution >= 4 is 28.1 Å². The van der Waals surface area contributed by atoms with E-state index in [0.717, 1.165) is 35.5 Å². The molecule has 0 spiro atoms. The zero-order chi connectivity index (χ0) is 22.3. The number of carbonyl (C=O) groups is 1. The number of amides is 2. The van der Waals surface area contributed by atoms with Gasteiger partial charge in [0.2, 0.25) is 0 Å². The summed E-state index contributed by atoms with van der Waals surface area (Å²) in [7, 11) is -2.66. The number of benzene rings is 1.